The van der Waals surface area contributed by atoms with E-state index in [0.717, 1.165) is 38.8 Å². The van der Waals surface area contributed by atoms with Crippen LogP contribution in [0.1, 0.15) is 26.7 Å². The average molecular weight is 338 g/mol. The zero-order valence-electron chi connectivity index (χ0n) is 15.8. The van der Waals surface area contributed by atoms with E-state index in [2.05, 4.69) is 41.4 Å². The molecule has 3 aromatic carbocycles. The second kappa shape index (κ2) is 5.70. The molecule has 0 bridgehead atoms. The van der Waals surface area contributed by atoms with Crippen molar-refractivity contribution in [2.45, 2.75) is 19.7 Å². The highest BCUT2D eigenvalue weighted by Crippen LogP contribution is 2.36. The van der Waals surface area contributed by atoms with Gasteiger partial charge in [-0.3, -0.25) is 4.98 Å². The number of rotatable bonds is 2. The molecule has 0 unspecified atom stereocenters. The molecule has 0 saturated heterocycles. The largest absolute Gasteiger partial charge is 0.456 e. The molecule has 0 aliphatic rings. The molecule has 0 aliphatic heterocycles. The van der Waals surface area contributed by atoms with Crippen LogP contribution in [-0.2, 0) is 0 Å². The fourth-order valence-electron chi connectivity index (χ4n) is 3.61. The Balaban J connectivity index is 1.78. The summed E-state index contributed by atoms with van der Waals surface area (Å²) in [6.07, 6.45) is 1.79. The molecule has 0 aliphatic carbocycles. The van der Waals surface area contributed by atoms with Crippen LogP contribution < -0.4 is 0 Å². The molecule has 0 N–H and O–H groups in total. The molecule has 0 radical (unpaired) electrons. The van der Waals surface area contributed by atoms with Crippen LogP contribution in [-0.4, -0.2) is 4.98 Å². The van der Waals surface area contributed by atoms with Crippen LogP contribution in [0.5, 0.6) is 0 Å². The summed E-state index contributed by atoms with van der Waals surface area (Å²) in [5, 5.41) is 4.63. The number of nitrogens with zero attached hydrogens (tertiary/aromatic N) is 1. The maximum atomic E-state index is 8.29. The number of fused-ring (bicyclic) bond motifs is 5. The van der Waals surface area contributed by atoms with Crippen molar-refractivity contribution >= 4 is 32.7 Å². The molecular formula is C24H19NO. The second-order valence-electron chi connectivity index (χ2n) is 6.90. The highest BCUT2D eigenvalue weighted by Gasteiger charge is 2.12. The van der Waals surface area contributed by atoms with Crippen LogP contribution in [0.25, 0.3) is 44.0 Å². The van der Waals surface area contributed by atoms with E-state index in [0.29, 0.717) is 0 Å². The molecule has 2 nitrogen and oxygen atoms in total. The standard InChI is InChI=1S/C24H19NO/c1-15(2)17-11-12-25-21(14-17)18-8-9-22-20(13-18)24-19-6-4-3-5-16(19)7-10-23(24)26-22/h3-15H,1-2H3/i15D. The fraction of sp³-hybridized carbons (Fsp3) is 0.125. The summed E-state index contributed by atoms with van der Waals surface area (Å²) >= 11 is 0. The molecular weight excluding hydrogens is 318 g/mol. The van der Waals surface area contributed by atoms with E-state index in [1.807, 2.05) is 44.2 Å². The summed E-state index contributed by atoms with van der Waals surface area (Å²) in [4.78, 5) is 4.54. The molecule has 2 heterocycles. The first-order valence-corrected chi connectivity index (χ1v) is 8.82. The van der Waals surface area contributed by atoms with Crippen LogP contribution in [0.3, 0.4) is 0 Å². The van der Waals surface area contributed by atoms with Gasteiger partial charge in [0, 0.05) is 23.9 Å². The highest BCUT2D eigenvalue weighted by molar-refractivity contribution is 6.19. The second-order valence-corrected chi connectivity index (χ2v) is 6.90. The van der Waals surface area contributed by atoms with Crippen molar-refractivity contribution in [3.63, 3.8) is 0 Å². The Morgan fingerprint density at radius 2 is 1.73 bits per heavy atom. The molecule has 5 aromatic rings. The van der Waals surface area contributed by atoms with Crippen molar-refractivity contribution in [3.05, 3.63) is 78.5 Å². The third-order valence-corrected chi connectivity index (χ3v) is 4.99. The molecule has 126 valence electrons. The van der Waals surface area contributed by atoms with Gasteiger partial charge in [0.05, 0.1) is 5.69 Å². The van der Waals surface area contributed by atoms with E-state index < -0.39 is 5.89 Å². The lowest BCUT2D eigenvalue weighted by Crippen LogP contribution is -1.90. The van der Waals surface area contributed by atoms with Crippen LogP contribution in [0, 0.1) is 0 Å². The lowest BCUT2D eigenvalue weighted by Gasteiger charge is -2.07. The van der Waals surface area contributed by atoms with Gasteiger partial charge in [0.1, 0.15) is 11.2 Å². The van der Waals surface area contributed by atoms with Crippen molar-refractivity contribution < 1.29 is 5.79 Å². The first-order chi connectivity index (χ1) is 13.0. The summed E-state index contributed by atoms with van der Waals surface area (Å²) in [5.41, 5.74) is 4.64. The Bertz CT molecular complexity index is 1310. The molecule has 0 spiro atoms. The molecule has 2 aromatic heterocycles. The Hall–Kier alpha value is -3.13. The van der Waals surface area contributed by atoms with Gasteiger partial charge in [0.2, 0.25) is 0 Å². The zero-order valence-corrected chi connectivity index (χ0v) is 14.8. The Kier molecular flexibility index (Phi) is 3.09. The predicted molar refractivity (Wildman–Crippen MR) is 109 cm³/mol. The van der Waals surface area contributed by atoms with Crippen molar-refractivity contribution in [3.8, 4) is 11.3 Å². The Morgan fingerprint density at radius 1 is 0.885 bits per heavy atom. The minimum absolute atomic E-state index is 0.652. The van der Waals surface area contributed by atoms with Crippen LogP contribution in [0.2, 0.25) is 0 Å². The normalized spacial score (nSPS) is 12.8. The summed E-state index contributed by atoms with van der Waals surface area (Å²) in [6.45, 7) is 3.79. The van der Waals surface area contributed by atoms with Gasteiger partial charge < -0.3 is 4.42 Å². The molecule has 0 fully saturated rings. The van der Waals surface area contributed by atoms with Crippen molar-refractivity contribution in [1.82, 2.24) is 4.98 Å². The third-order valence-electron chi connectivity index (χ3n) is 4.99. The predicted octanol–water partition coefficient (Wildman–Crippen LogP) is 6.92. The lowest BCUT2D eigenvalue weighted by molar-refractivity contribution is 0.669. The van der Waals surface area contributed by atoms with Gasteiger partial charge in [-0.15, -0.1) is 0 Å². The number of benzene rings is 3. The zero-order chi connectivity index (χ0) is 18.6. The minimum Gasteiger partial charge on any atom is -0.456 e. The monoisotopic (exact) mass is 338 g/mol. The topological polar surface area (TPSA) is 26.0 Å². The SMILES string of the molecule is [2H]C(C)(C)c1ccnc(-c2ccc3oc4ccc5ccccc5c4c3c2)c1. The number of pyridine rings is 1. The van der Waals surface area contributed by atoms with Crippen LogP contribution in [0.15, 0.2) is 77.3 Å². The van der Waals surface area contributed by atoms with E-state index in [1.54, 1.807) is 6.20 Å². The molecule has 0 amide bonds. The Labute approximate surface area is 153 Å². The van der Waals surface area contributed by atoms with Gasteiger partial charge in [-0.25, -0.2) is 0 Å². The first-order valence-electron chi connectivity index (χ1n) is 9.32. The van der Waals surface area contributed by atoms with Crippen molar-refractivity contribution in [2.24, 2.45) is 0 Å². The van der Waals surface area contributed by atoms with Gasteiger partial charge in [0.15, 0.2) is 0 Å². The number of hydrogen-bond acceptors (Lipinski definition) is 2. The van der Waals surface area contributed by atoms with Crippen LogP contribution >= 0.6 is 0 Å². The summed E-state index contributed by atoms with van der Waals surface area (Å²) in [6, 6.07) is 22.6. The number of furan rings is 1. The summed E-state index contributed by atoms with van der Waals surface area (Å²) < 4.78 is 14.4. The van der Waals surface area contributed by atoms with Crippen molar-refractivity contribution in [1.29, 1.82) is 0 Å². The third kappa shape index (κ3) is 2.30. The fourth-order valence-corrected chi connectivity index (χ4v) is 3.61. The maximum Gasteiger partial charge on any atom is 0.136 e. The summed E-state index contributed by atoms with van der Waals surface area (Å²) in [7, 11) is 0. The Morgan fingerprint density at radius 3 is 2.62 bits per heavy atom. The molecule has 0 saturated carbocycles. The van der Waals surface area contributed by atoms with E-state index in [4.69, 9.17) is 5.79 Å². The minimum atomic E-state index is -0.652. The van der Waals surface area contributed by atoms with Gasteiger partial charge in [-0.05, 0) is 58.6 Å². The van der Waals surface area contributed by atoms with Gasteiger partial charge in [-0.2, -0.15) is 0 Å². The van der Waals surface area contributed by atoms with E-state index in [9.17, 15) is 0 Å². The number of aromatic nitrogens is 1. The maximum absolute atomic E-state index is 8.29. The van der Waals surface area contributed by atoms with Gasteiger partial charge >= 0.3 is 0 Å². The lowest BCUT2D eigenvalue weighted by atomic mass is 9.99. The number of hydrogen-bond donors (Lipinski definition) is 0. The smallest absolute Gasteiger partial charge is 0.136 e. The molecule has 26 heavy (non-hydrogen) atoms. The average Bonchev–Trinajstić information content (AvgIpc) is 3.05. The quantitative estimate of drug-likeness (QED) is 0.349. The molecule has 5 rings (SSSR count). The molecule has 0 atom stereocenters. The first kappa shape index (κ1) is 14.1. The van der Waals surface area contributed by atoms with E-state index >= 15 is 0 Å². The van der Waals surface area contributed by atoms with Crippen molar-refractivity contribution in [2.75, 3.05) is 0 Å². The highest BCUT2D eigenvalue weighted by atomic mass is 16.3. The van der Waals surface area contributed by atoms with Gasteiger partial charge in [-0.1, -0.05) is 44.2 Å². The summed E-state index contributed by atoms with van der Waals surface area (Å²) in [5.74, 6) is -0.652. The van der Waals surface area contributed by atoms with E-state index in [1.165, 1.54) is 10.8 Å². The molecule has 2 heteroatoms. The van der Waals surface area contributed by atoms with E-state index in [-0.39, 0.29) is 0 Å². The van der Waals surface area contributed by atoms with Crippen LogP contribution in [0.4, 0.5) is 0 Å². The van der Waals surface area contributed by atoms with Gasteiger partial charge in [0.25, 0.3) is 0 Å².